The summed E-state index contributed by atoms with van der Waals surface area (Å²) in [4.78, 5) is 23.7. The number of aliphatic hydroxyl groups is 1. The smallest absolute Gasteiger partial charge is 0.335 e. The molecule has 1 unspecified atom stereocenters. The van der Waals surface area contributed by atoms with Gasteiger partial charge in [-0.2, -0.15) is 0 Å². The molecule has 1 heterocycles. The van der Waals surface area contributed by atoms with Gasteiger partial charge in [-0.25, -0.2) is 14.2 Å². The topological polar surface area (TPSA) is 81.1 Å². The number of hydrogen-bond donors (Lipinski definition) is 2. The lowest BCUT2D eigenvalue weighted by Gasteiger charge is -2.39. The third-order valence-electron chi connectivity index (χ3n) is 6.36. The SMILES string of the molecule is O=C(O)c1ccc(CCN2C(=O)CCCN2CCC(O)c2cccc(-c3ccc(F)cc3)c2)cc1. The second kappa shape index (κ2) is 11.3. The van der Waals surface area contributed by atoms with E-state index in [9.17, 15) is 19.1 Å². The molecule has 1 amide bonds. The number of carboxylic acid groups (broad SMARTS) is 1. The summed E-state index contributed by atoms with van der Waals surface area (Å²) in [6, 6.07) is 20.6. The average molecular weight is 477 g/mol. The van der Waals surface area contributed by atoms with Crippen molar-refractivity contribution in [2.24, 2.45) is 0 Å². The predicted octanol–water partition coefficient (Wildman–Crippen LogP) is 4.70. The molecule has 0 aromatic heterocycles. The van der Waals surface area contributed by atoms with Crippen LogP contribution in [0.1, 0.15) is 46.9 Å². The van der Waals surface area contributed by atoms with Crippen LogP contribution in [-0.4, -0.2) is 51.7 Å². The molecule has 2 N–H and O–H groups in total. The van der Waals surface area contributed by atoms with Gasteiger partial charge < -0.3 is 10.2 Å². The van der Waals surface area contributed by atoms with E-state index in [4.69, 9.17) is 5.11 Å². The Labute approximate surface area is 204 Å². The van der Waals surface area contributed by atoms with Gasteiger partial charge in [-0.3, -0.25) is 9.80 Å². The third-order valence-corrected chi connectivity index (χ3v) is 6.36. The summed E-state index contributed by atoms with van der Waals surface area (Å²) < 4.78 is 13.2. The highest BCUT2D eigenvalue weighted by atomic mass is 19.1. The first kappa shape index (κ1) is 24.6. The fourth-order valence-corrected chi connectivity index (χ4v) is 4.37. The Morgan fingerprint density at radius 3 is 2.43 bits per heavy atom. The second-order valence-electron chi connectivity index (χ2n) is 8.76. The van der Waals surface area contributed by atoms with Crippen molar-refractivity contribution in [3.8, 4) is 11.1 Å². The van der Waals surface area contributed by atoms with Crippen molar-refractivity contribution in [2.45, 2.75) is 31.8 Å². The van der Waals surface area contributed by atoms with Crippen LogP contribution in [0.2, 0.25) is 0 Å². The van der Waals surface area contributed by atoms with Crippen LogP contribution in [0.15, 0.2) is 72.8 Å². The van der Waals surface area contributed by atoms with Crippen molar-refractivity contribution in [2.75, 3.05) is 19.6 Å². The van der Waals surface area contributed by atoms with E-state index in [1.807, 2.05) is 29.3 Å². The maximum absolute atomic E-state index is 13.2. The molecule has 1 aliphatic rings. The molecule has 0 aliphatic carbocycles. The molecule has 1 atom stereocenters. The number of carboxylic acids is 1. The molecule has 0 saturated carbocycles. The highest BCUT2D eigenvalue weighted by Gasteiger charge is 2.26. The van der Waals surface area contributed by atoms with Gasteiger partial charge in [-0.05, 0) is 71.8 Å². The second-order valence-corrected chi connectivity index (χ2v) is 8.76. The first-order valence-corrected chi connectivity index (χ1v) is 11.8. The van der Waals surface area contributed by atoms with Gasteiger partial charge in [0, 0.05) is 26.1 Å². The Kier molecular flexibility index (Phi) is 7.90. The van der Waals surface area contributed by atoms with Crippen LogP contribution >= 0.6 is 0 Å². The summed E-state index contributed by atoms with van der Waals surface area (Å²) >= 11 is 0. The Hall–Kier alpha value is -3.55. The first-order valence-electron chi connectivity index (χ1n) is 11.8. The lowest BCUT2D eigenvalue weighted by molar-refractivity contribution is -0.156. The number of halogens is 1. The summed E-state index contributed by atoms with van der Waals surface area (Å²) in [6.45, 7) is 1.78. The maximum Gasteiger partial charge on any atom is 0.335 e. The van der Waals surface area contributed by atoms with E-state index in [1.54, 1.807) is 41.4 Å². The fraction of sp³-hybridized carbons (Fsp3) is 0.286. The summed E-state index contributed by atoms with van der Waals surface area (Å²) in [6.07, 6.45) is 1.65. The third kappa shape index (κ3) is 6.32. The van der Waals surface area contributed by atoms with Gasteiger partial charge in [0.1, 0.15) is 5.82 Å². The quantitative estimate of drug-likeness (QED) is 0.468. The van der Waals surface area contributed by atoms with Crippen molar-refractivity contribution in [1.29, 1.82) is 0 Å². The predicted molar refractivity (Wildman–Crippen MR) is 131 cm³/mol. The zero-order valence-corrected chi connectivity index (χ0v) is 19.4. The normalized spacial score (nSPS) is 15.3. The Morgan fingerprint density at radius 1 is 0.971 bits per heavy atom. The van der Waals surface area contributed by atoms with Crippen LogP contribution in [0.25, 0.3) is 11.1 Å². The Bertz CT molecular complexity index is 1160. The molecule has 1 saturated heterocycles. The lowest BCUT2D eigenvalue weighted by Crippen LogP contribution is -2.51. The van der Waals surface area contributed by atoms with Crippen molar-refractivity contribution in [1.82, 2.24) is 10.0 Å². The van der Waals surface area contributed by atoms with Crippen LogP contribution < -0.4 is 0 Å². The van der Waals surface area contributed by atoms with Crippen molar-refractivity contribution in [3.63, 3.8) is 0 Å². The monoisotopic (exact) mass is 476 g/mol. The van der Waals surface area contributed by atoms with Gasteiger partial charge in [0.2, 0.25) is 5.91 Å². The van der Waals surface area contributed by atoms with Crippen LogP contribution in [0.5, 0.6) is 0 Å². The number of carbonyl (C=O) groups excluding carboxylic acids is 1. The number of aliphatic hydroxyl groups excluding tert-OH is 1. The largest absolute Gasteiger partial charge is 0.478 e. The zero-order valence-electron chi connectivity index (χ0n) is 19.4. The van der Waals surface area contributed by atoms with Crippen LogP contribution in [0.4, 0.5) is 4.39 Å². The fourth-order valence-electron chi connectivity index (χ4n) is 4.37. The zero-order chi connectivity index (χ0) is 24.8. The molecule has 0 spiro atoms. The molecule has 3 aromatic carbocycles. The number of carbonyl (C=O) groups is 2. The molecule has 182 valence electrons. The van der Waals surface area contributed by atoms with E-state index >= 15 is 0 Å². The van der Waals surface area contributed by atoms with E-state index in [1.165, 1.54) is 12.1 Å². The number of aromatic carboxylic acids is 1. The van der Waals surface area contributed by atoms with Gasteiger partial charge in [0.25, 0.3) is 0 Å². The number of rotatable bonds is 9. The molecule has 1 aliphatic heterocycles. The minimum Gasteiger partial charge on any atom is -0.478 e. The summed E-state index contributed by atoms with van der Waals surface area (Å²) in [5.74, 6) is -1.19. The van der Waals surface area contributed by atoms with Crippen LogP contribution in [0.3, 0.4) is 0 Å². The highest BCUT2D eigenvalue weighted by molar-refractivity contribution is 5.87. The Balaban J connectivity index is 1.37. The number of nitrogens with zero attached hydrogens (tertiary/aromatic N) is 2. The first-order chi connectivity index (χ1) is 16.9. The summed E-state index contributed by atoms with van der Waals surface area (Å²) in [5, 5.41) is 23.7. The van der Waals surface area contributed by atoms with Crippen molar-refractivity contribution >= 4 is 11.9 Å². The minimum absolute atomic E-state index is 0.0613. The Morgan fingerprint density at radius 2 is 1.71 bits per heavy atom. The average Bonchev–Trinajstić information content (AvgIpc) is 2.87. The summed E-state index contributed by atoms with van der Waals surface area (Å²) in [5.41, 5.74) is 3.77. The molecular weight excluding hydrogens is 447 g/mol. The van der Waals surface area contributed by atoms with E-state index in [0.717, 1.165) is 35.2 Å². The number of hydrazine groups is 1. The number of benzene rings is 3. The minimum atomic E-state index is -0.962. The van der Waals surface area contributed by atoms with Crippen molar-refractivity contribution in [3.05, 3.63) is 95.3 Å². The van der Waals surface area contributed by atoms with Gasteiger partial charge in [0.15, 0.2) is 0 Å². The molecule has 0 bridgehead atoms. The molecule has 0 radical (unpaired) electrons. The van der Waals surface area contributed by atoms with E-state index in [-0.39, 0.29) is 17.3 Å². The molecule has 1 fully saturated rings. The lowest BCUT2D eigenvalue weighted by atomic mass is 9.99. The molecule has 4 rings (SSSR count). The standard InChI is InChI=1S/C28H29FN2O4/c29-25-12-10-21(11-13-25)23-3-1-4-24(19-23)26(32)15-17-30-16-2-5-27(33)31(30)18-14-20-6-8-22(9-7-20)28(34)35/h1,3-4,6-13,19,26,32H,2,5,14-18H2,(H,34,35). The van der Waals surface area contributed by atoms with Gasteiger partial charge in [-0.1, -0.05) is 42.5 Å². The van der Waals surface area contributed by atoms with E-state index in [0.29, 0.717) is 32.4 Å². The molecular formula is C28H29FN2O4. The van der Waals surface area contributed by atoms with Gasteiger partial charge >= 0.3 is 5.97 Å². The number of amides is 1. The molecule has 3 aromatic rings. The van der Waals surface area contributed by atoms with Gasteiger partial charge in [-0.15, -0.1) is 0 Å². The van der Waals surface area contributed by atoms with Crippen LogP contribution in [-0.2, 0) is 11.2 Å². The molecule has 35 heavy (non-hydrogen) atoms. The van der Waals surface area contributed by atoms with Crippen molar-refractivity contribution < 1.29 is 24.2 Å². The van der Waals surface area contributed by atoms with E-state index in [2.05, 4.69) is 0 Å². The molecule has 6 nitrogen and oxygen atoms in total. The maximum atomic E-state index is 13.2. The molecule has 7 heteroatoms. The summed E-state index contributed by atoms with van der Waals surface area (Å²) in [7, 11) is 0. The number of hydrogen-bond acceptors (Lipinski definition) is 4. The van der Waals surface area contributed by atoms with Crippen LogP contribution in [0, 0.1) is 5.82 Å². The van der Waals surface area contributed by atoms with Gasteiger partial charge in [0.05, 0.1) is 11.7 Å². The van der Waals surface area contributed by atoms with E-state index < -0.39 is 12.1 Å². The highest BCUT2D eigenvalue weighted by Crippen LogP contribution is 2.26.